The summed E-state index contributed by atoms with van der Waals surface area (Å²) in [7, 11) is 0. The second kappa shape index (κ2) is 7.12. The van der Waals surface area contributed by atoms with Crippen molar-refractivity contribution in [1.29, 1.82) is 0 Å². The van der Waals surface area contributed by atoms with Crippen LogP contribution in [0.3, 0.4) is 0 Å². The molecule has 3 aromatic carbocycles. The maximum absolute atomic E-state index is 6.30. The van der Waals surface area contributed by atoms with Gasteiger partial charge in [0.15, 0.2) is 0 Å². The molecule has 0 spiro atoms. The number of para-hydroxylation sites is 2. The molecule has 0 saturated heterocycles. The van der Waals surface area contributed by atoms with E-state index >= 15 is 0 Å². The van der Waals surface area contributed by atoms with Crippen molar-refractivity contribution >= 4 is 28.7 Å². The van der Waals surface area contributed by atoms with Gasteiger partial charge in [0.25, 0.3) is 0 Å². The molecule has 0 radical (unpaired) electrons. The fourth-order valence-electron chi connectivity index (χ4n) is 2.36. The summed E-state index contributed by atoms with van der Waals surface area (Å²) in [5.74, 6) is 0. The van der Waals surface area contributed by atoms with Crippen LogP contribution in [0.25, 0.3) is 0 Å². The Morgan fingerprint density at radius 3 is 1.74 bits per heavy atom. The maximum atomic E-state index is 6.30. The molecule has 0 fully saturated rings. The quantitative estimate of drug-likeness (QED) is 0.431. The number of nitrogens with zero attached hydrogens (tertiary/aromatic N) is 2. The minimum atomic E-state index is 0.704. The topological polar surface area (TPSA) is 15.6 Å². The average Bonchev–Trinajstić information content (AvgIpc) is 2.61. The molecule has 0 N–H and O–H groups in total. The number of benzene rings is 3. The van der Waals surface area contributed by atoms with Crippen LogP contribution in [0.2, 0.25) is 5.02 Å². The van der Waals surface area contributed by atoms with Gasteiger partial charge in [-0.2, -0.15) is 5.10 Å². The minimum absolute atomic E-state index is 0.704. The van der Waals surface area contributed by atoms with E-state index in [9.17, 15) is 0 Å². The van der Waals surface area contributed by atoms with Crippen LogP contribution in [0.1, 0.15) is 12.5 Å². The van der Waals surface area contributed by atoms with Gasteiger partial charge in [-0.25, -0.2) is 5.01 Å². The number of anilines is 2. The van der Waals surface area contributed by atoms with Gasteiger partial charge in [0.05, 0.1) is 17.1 Å². The predicted molar refractivity (Wildman–Crippen MR) is 98.7 cm³/mol. The van der Waals surface area contributed by atoms with E-state index in [1.54, 1.807) is 0 Å². The maximum Gasteiger partial charge on any atom is 0.0670 e. The van der Waals surface area contributed by atoms with Crippen LogP contribution in [0, 0.1) is 0 Å². The van der Waals surface area contributed by atoms with Gasteiger partial charge in [-0.1, -0.05) is 66.2 Å². The molecule has 0 saturated carbocycles. The van der Waals surface area contributed by atoms with Crippen molar-refractivity contribution in [2.75, 3.05) is 5.01 Å². The Balaban J connectivity index is 2.06. The molecule has 0 bridgehead atoms. The fraction of sp³-hybridized carbons (Fsp3) is 0.0500. The highest BCUT2D eigenvalue weighted by Crippen LogP contribution is 2.26. The van der Waals surface area contributed by atoms with E-state index < -0.39 is 0 Å². The van der Waals surface area contributed by atoms with Crippen LogP contribution in [-0.2, 0) is 0 Å². The van der Waals surface area contributed by atoms with Gasteiger partial charge in [-0.05, 0) is 37.3 Å². The summed E-state index contributed by atoms with van der Waals surface area (Å²) in [4.78, 5) is 0. The SMILES string of the molecule is C/C(=N/N(c1ccccc1)c1ccccc1)c1ccccc1Cl. The van der Waals surface area contributed by atoms with Crippen LogP contribution in [-0.4, -0.2) is 5.71 Å². The molecular formula is C20H17ClN2. The molecule has 0 aliphatic carbocycles. The third-order valence-corrected chi connectivity index (χ3v) is 3.84. The minimum Gasteiger partial charge on any atom is -0.234 e. The van der Waals surface area contributed by atoms with E-state index in [0.717, 1.165) is 22.6 Å². The zero-order chi connectivity index (χ0) is 16.1. The second-order valence-electron chi connectivity index (χ2n) is 5.15. The highest BCUT2D eigenvalue weighted by Gasteiger charge is 2.10. The lowest BCUT2D eigenvalue weighted by Gasteiger charge is -2.20. The number of rotatable bonds is 4. The molecule has 3 heteroatoms. The molecule has 0 heterocycles. The predicted octanol–water partition coefficient (Wildman–Crippen LogP) is 5.90. The van der Waals surface area contributed by atoms with Gasteiger partial charge in [0.1, 0.15) is 0 Å². The average molecular weight is 321 g/mol. The zero-order valence-corrected chi connectivity index (χ0v) is 13.6. The first-order valence-electron chi connectivity index (χ1n) is 7.46. The molecule has 114 valence electrons. The van der Waals surface area contributed by atoms with Crippen molar-refractivity contribution in [3.63, 3.8) is 0 Å². The zero-order valence-electron chi connectivity index (χ0n) is 12.9. The first-order chi connectivity index (χ1) is 11.3. The van der Waals surface area contributed by atoms with Gasteiger partial charge in [-0.3, -0.25) is 0 Å². The van der Waals surface area contributed by atoms with Crippen LogP contribution >= 0.6 is 11.6 Å². The third kappa shape index (κ3) is 3.61. The molecule has 0 aliphatic rings. The molecule has 2 nitrogen and oxygen atoms in total. The highest BCUT2D eigenvalue weighted by atomic mass is 35.5. The van der Waals surface area contributed by atoms with Crippen molar-refractivity contribution in [2.45, 2.75) is 6.92 Å². The van der Waals surface area contributed by atoms with E-state index in [4.69, 9.17) is 16.7 Å². The van der Waals surface area contributed by atoms with Crippen molar-refractivity contribution in [3.05, 3.63) is 95.5 Å². The Hall–Kier alpha value is -2.58. The summed E-state index contributed by atoms with van der Waals surface area (Å²) in [6.45, 7) is 1.97. The monoisotopic (exact) mass is 320 g/mol. The summed E-state index contributed by atoms with van der Waals surface area (Å²) >= 11 is 6.30. The lowest BCUT2D eigenvalue weighted by molar-refractivity contribution is 1.08. The van der Waals surface area contributed by atoms with Crippen LogP contribution in [0.5, 0.6) is 0 Å². The van der Waals surface area contributed by atoms with E-state index in [2.05, 4.69) is 0 Å². The van der Waals surface area contributed by atoms with Gasteiger partial charge < -0.3 is 0 Å². The number of hydrazone groups is 1. The summed E-state index contributed by atoms with van der Waals surface area (Å²) in [5.41, 5.74) is 3.81. The molecule has 0 aromatic heterocycles. The molecule has 0 unspecified atom stereocenters. The highest BCUT2D eigenvalue weighted by molar-refractivity contribution is 6.34. The van der Waals surface area contributed by atoms with Crippen LogP contribution in [0.4, 0.5) is 11.4 Å². The Morgan fingerprint density at radius 1 is 0.739 bits per heavy atom. The number of hydrogen-bond acceptors (Lipinski definition) is 2. The summed E-state index contributed by atoms with van der Waals surface area (Å²) in [5, 5.41) is 7.45. The second-order valence-corrected chi connectivity index (χ2v) is 5.56. The summed E-state index contributed by atoms with van der Waals surface area (Å²) < 4.78 is 0. The molecule has 23 heavy (non-hydrogen) atoms. The van der Waals surface area contributed by atoms with Crippen LogP contribution in [0.15, 0.2) is 90.0 Å². The fourth-order valence-corrected chi connectivity index (χ4v) is 2.63. The molecule has 0 atom stereocenters. The molecule has 0 aliphatic heterocycles. The first-order valence-corrected chi connectivity index (χ1v) is 7.84. The largest absolute Gasteiger partial charge is 0.234 e. The lowest BCUT2D eigenvalue weighted by atomic mass is 10.1. The van der Waals surface area contributed by atoms with Gasteiger partial charge in [0.2, 0.25) is 0 Å². The Bertz CT molecular complexity index is 759. The Labute approximate surface area is 141 Å². The van der Waals surface area contributed by atoms with Gasteiger partial charge in [0, 0.05) is 10.6 Å². The van der Waals surface area contributed by atoms with Gasteiger partial charge in [-0.15, -0.1) is 0 Å². The van der Waals surface area contributed by atoms with Crippen molar-refractivity contribution < 1.29 is 0 Å². The van der Waals surface area contributed by atoms with E-state index in [0.29, 0.717) is 5.02 Å². The first kappa shape index (κ1) is 15.3. The lowest BCUT2D eigenvalue weighted by Crippen LogP contribution is -2.12. The van der Waals surface area contributed by atoms with E-state index in [1.807, 2.05) is 96.9 Å². The van der Waals surface area contributed by atoms with Crippen LogP contribution < -0.4 is 5.01 Å². The van der Waals surface area contributed by atoms with Crippen molar-refractivity contribution in [2.24, 2.45) is 5.10 Å². The third-order valence-electron chi connectivity index (χ3n) is 3.52. The summed E-state index contributed by atoms with van der Waals surface area (Å²) in [6, 6.07) is 27.9. The van der Waals surface area contributed by atoms with E-state index in [-0.39, 0.29) is 0 Å². The summed E-state index contributed by atoms with van der Waals surface area (Å²) in [6.07, 6.45) is 0. The smallest absolute Gasteiger partial charge is 0.0670 e. The van der Waals surface area contributed by atoms with Crippen molar-refractivity contribution in [3.8, 4) is 0 Å². The molecule has 0 amide bonds. The Morgan fingerprint density at radius 2 is 1.22 bits per heavy atom. The number of hydrogen-bond donors (Lipinski definition) is 0. The van der Waals surface area contributed by atoms with E-state index in [1.165, 1.54) is 0 Å². The molecular weight excluding hydrogens is 304 g/mol. The normalized spacial score (nSPS) is 11.3. The molecule has 3 aromatic rings. The number of halogens is 1. The molecule has 3 rings (SSSR count). The Kier molecular flexibility index (Phi) is 4.74. The van der Waals surface area contributed by atoms with Crippen molar-refractivity contribution in [1.82, 2.24) is 0 Å². The van der Waals surface area contributed by atoms with Gasteiger partial charge >= 0.3 is 0 Å². The standard InChI is InChI=1S/C20H17ClN2/c1-16(19-14-8-9-15-20(19)21)22-23(17-10-4-2-5-11-17)18-12-6-3-7-13-18/h2-15H,1H3/b22-16-.